The van der Waals surface area contributed by atoms with Crippen molar-refractivity contribution in [2.75, 3.05) is 45.1 Å². The van der Waals surface area contributed by atoms with E-state index in [-0.39, 0.29) is 6.03 Å². The van der Waals surface area contributed by atoms with E-state index in [1.807, 2.05) is 23.8 Å². The third-order valence-electron chi connectivity index (χ3n) is 4.36. The number of benzene rings is 1. The van der Waals surface area contributed by atoms with Crippen LogP contribution in [0.5, 0.6) is 17.2 Å². The van der Waals surface area contributed by atoms with Crippen molar-refractivity contribution in [3.63, 3.8) is 0 Å². The number of nitrogens with one attached hydrogen (secondary N) is 3. The molecule has 31 heavy (non-hydrogen) atoms. The number of rotatable bonds is 9. The van der Waals surface area contributed by atoms with Crippen molar-refractivity contribution < 1.29 is 19.0 Å². The topological polar surface area (TPSA) is 124 Å². The highest BCUT2D eigenvalue weighted by Crippen LogP contribution is 2.39. The van der Waals surface area contributed by atoms with Crippen LogP contribution in [0.2, 0.25) is 0 Å². The van der Waals surface area contributed by atoms with Crippen molar-refractivity contribution >= 4 is 17.5 Å². The lowest BCUT2D eigenvalue weighted by molar-refractivity contribution is 0.252. The van der Waals surface area contributed by atoms with Crippen LogP contribution in [0.25, 0.3) is 5.82 Å². The van der Waals surface area contributed by atoms with E-state index in [2.05, 4.69) is 30.9 Å². The molecule has 2 heterocycles. The van der Waals surface area contributed by atoms with E-state index < -0.39 is 0 Å². The molecule has 3 N–H and O–H groups in total. The number of methoxy groups -OCH3 is 3. The highest BCUT2D eigenvalue weighted by molar-refractivity contribution is 5.90. The Morgan fingerprint density at radius 1 is 1.00 bits per heavy atom. The molecule has 164 valence electrons. The molecule has 2 amide bonds. The second-order valence-corrected chi connectivity index (χ2v) is 6.33. The number of aromatic nitrogens is 4. The van der Waals surface area contributed by atoms with Gasteiger partial charge >= 0.3 is 6.03 Å². The average Bonchev–Trinajstić information content (AvgIpc) is 3.22. The minimum Gasteiger partial charge on any atom is -0.493 e. The second kappa shape index (κ2) is 10.1. The summed E-state index contributed by atoms with van der Waals surface area (Å²) in [6.07, 6.45) is 5.01. The lowest BCUT2D eigenvalue weighted by atomic mass is 10.2. The predicted octanol–water partition coefficient (Wildman–Crippen LogP) is 2.23. The Morgan fingerprint density at radius 2 is 1.74 bits per heavy atom. The third kappa shape index (κ3) is 5.32. The number of carbonyl (C=O) groups excluding carboxylic acids is 1. The zero-order valence-corrected chi connectivity index (χ0v) is 17.8. The molecule has 0 aliphatic heterocycles. The molecule has 0 aliphatic rings. The first-order chi connectivity index (χ1) is 15.0. The number of nitrogens with zero attached hydrogens (tertiary/aromatic N) is 4. The van der Waals surface area contributed by atoms with Crippen LogP contribution in [0.3, 0.4) is 0 Å². The van der Waals surface area contributed by atoms with E-state index in [4.69, 9.17) is 14.2 Å². The van der Waals surface area contributed by atoms with Crippen LogP contribution in [0.1, 0.15) is 5.82 Å². The summed E-state index contributed by atoms with van der Waals surface area (Å²) in [6.45, 7) is 2.74. The van der Waals surface area contributed by atoms with Crippen molar-refractivity contribution in [3.8, 4) is 23.1 Å². The van der Waals surface area contributed by atoms with Crippen LogP contribution in [0.15, 0.2) is 36.9 Å². The van der Waals surface area contributed by atoms with Crippen molar-refractivity contribution in [2.24, 2.45) is 0 Å². The lowest BCUT2D eigenvalue weighted by Crippen LogP contribution is -2.32. The van der Waals surface area contributed by atoms with Gasteiger partial charge in [-0.2, -0.15) is 0 Å². The Hall–Kier alpha value is -4.02. The fourth-order valence-corrected chi connectivity index (χ4v) is 2.89. The number of imidazole rings is 1. The van der Waals surface area contributed by atoms with Gasteiger partial charge in [-0.1, -0.05) is 0 Å². The zero-order valence-electron chi connectivity index (χ0n) is 17.8. The molecule has 0 unspecified atom stereocenters. The van der Waals surface area contributed by atoms with E-state index in [0.717, 1.165) is 5.82 Å². The van der Waals surface area contributed by atoms with Gasteiger partial charge in [-0.15, -0.1) is 0 Å². The van der Waals surface area contributed by atoms with Crippen LogP contribution >= 0.6 is 0 Å². The number of anilines is 2. The van der Waals surface area contributed by atoms with Gasteiger partial charge < -0.3 is 30.2 Å². The standard InChI is InChI=1S/C20H25N7O4/c1-13-21-7-8-27(13)18-11-17(24-12-25-18)22-5-6-23-20(28)26-14-9-15(29-2)19(31-4)16(10-14)30-3/h7-12H,5-6H2,1-4H3,(H,22,24,25)(H2,23,26,28). The van der Waals surface area contributed by atoms with Crippen molar-refractivity contribution in [3.05, 3.63) is 42.7 Å². The van der Waals surface area contributed by atoms with Crippen molar-refractivity contribution in [2.45, 2.75) is 6.92 Å². The summed E-state index contributed by atoms with van der Waals surface area (Å²) in [5.74, 6) is 3.54. The monoisotopic (exact) mass is 427 g/mol. The Kier molecular flexibility index (Phi) is 7.09. The molecule has 0 bridgehead atoms. The number of aryl methyl sites for hydroxylation is 1. The first-order valence-electron chi connectivity index (χ1n) is 9.46. The molecule has 2 aromatic heterocycles. The first kappa shape index (κ1) is 21.7. The molecule has 11 nitrogen and oxygen atoms in total. The zero-order chi connectivity index (χ0) is 22.2. The summed E-state index contributed by atoms with van der Waals surface area (Å²) < 4.78 is 17.7. The Labute approximate surface area is 179 Å². The molecule has 0 atom stereocenters. The number of carbonyl (C=O) groups is 1. The van der Waals surface area contributed by atoms with Crippen molar-refractivity contribution in [1.82, 2.24) is 24.8 Å². The molecule has 0 fully saturated rings. The number of ether oxygens (including phenoxy) is 3. The van der Waals surface area contributed by atoms with Gasteiger partial charge in [0.25, 0.3) is 0 Å². The van der Waals surface area contributed by atoms with Gasteiger partial charge in [-0.25, -0.2) is 19.7 Å². The molecular formula is C20H25N7O4. The Bertz CT molecular complexity index is 1010. The van der Waals surface area contributed by atoms with Gasteiger partial charge in [0.15, 0.2) is 11.5 Å². The molecule has 0 spiro atoms. The van der Waals surface area contributed by atoms with E-state index in [1.54, 1.807) is 18.3 Å². The molecule has 3 aromatic rings. The van der Waals surface area contributed by atoms with Gasteiger partial charge in [0.2, 0.25) is 5.75 Å². The molecule has 0 saturated carbocycles. The summed E-state index contributed by atoms with van der Waals surface area (Å²) in [7, 11) is 4.55. The predicted molar refractivity (Wildman–Crippen MR) is 116 cm³/mol. The minimum absolute atomic E-state index is 0.367. The maximum Gasteiger partial charge on any atom is 0.319 e. The summed E-state index contributed by atoms with van der Waals surface area (Å²) >= 11 is 0. The van der Waals surface area contributed by atoms with E-state index in [1.165, 1.54) is 27.7 Å². The van der Waals surface area contributed by atoms with E-state index in [9.17, 15) is 4.79 Å². The Morgan fingerprint density at radius 3 is 2.35 bits per heavy atom. The van der Waals surface area contributed by atoms with E-state index in [0.29, 0.717) is 47.7 Å². The van der Waals surface area contributed by atoms with Crippen LogP contribution in [0, 0.1) is 6.92 Å². The van der Waals surface area contributed by atoms with Crippen molar-refractivity contribution in [1.29, 1.82) is 0 Å². The summed E-state index contributed by atoms with van der Waals surface area (Å²) in [5, 5.41) is 8.67. The van der Waals surface area contributed by atoms with E-state index >= 15 is 0 Å². The highest BCUT2D eigenvalue weighted by atomic mass is 16.5. The van der Waals surface area contributed by atoms with Gasteiger partial charge in [0.05, 0.1) is 27.0 Å². The fourth-order valence-electron chi connectivity index (χ4n) is 2.89. The smallest absolute Gasteiger partial charge is 0.319 e. The fraction of sp³-hybridized carbons (Fsp3) is 0.300. The first-order valence-corrected chi connectivity index (χ1v) is 9.46. The van der Waals surface area contributed by atoms with Gasteiger partial charge in [0, 0.05) is 43.7 Å². The van der Waals surface area contributed by atoms with Crippen LogP contribution in [-0.4, -0.2) is 60.0 Å². The molecular weight excluding hydrogens is 402 g/mol. The molecule has 11 heteroatoms. The van der Waals surface area contributed by atoms with Crippen LogP contribution in [-0.2, 0) is 0 Å². The summed E-state index contributed by atoms with van der Waals surface area (Å²) in [4.78, 5) is 24.9. The van der Waals surface area contributed by atoms with Crippen LogP contribution < -0.4 is 30.2 Å². The minimum atomic E-state index is -0.367. The largest absolute Gasteiger partial charge is 0.493 e. The summed E-state index contributed by atoms with van der Waals surface area (Å²) in [6, 6.07) is 4.75. The average molecular weight is 427 g/mol. The van der Waals surface area contributed by atoms with Gasteiger partial charge in [-0.3, -0.25) is 4.57 Å². The van der Waals surface area contributed by atoms with Crippen LogP contribution in [0.4, 0.5) is 16.3 Å². The number of hydrogen-bond acceptors (Lipinski definition) is 8. The molecule has 0 radical (unpaired) electrons. The quantitative estimate of drug-likeness (QED) is 0.444. The van der Waals surface area contributed by atoms with Gasteiger partial charge in [0.1, 0.15) is 23.8 Å². The molecule has 0 saturated heterocycles. The number of amides is 2. The lowest BCUT2D eigenvalue weighted by Gasteiger charge is -2.15. The maximum absolute atomic E-state index is 12.2. The second-order valence-electron chi connectivity index (χ2n) is 6.33. The molecule has 3 rings (SSSR count). The Balaban J connectivity index is 1.52. The number of hydrogen-bond donors (Lipinski definition) is 3. The van der Waals surface area contributed by atoms with Gasteiger partial charge in [-0.05, 0) is 6.92 Å². The highest BCUT2D eigenvalue weighted by Gasteiger charge is 2.14. The third-order valence-corrected chi connectivity index (χ3v) is 4.36. The molecule has 1 aromatic carbocycles. The maximum atomic E-state index is 12.2. The molecule has 0 aliphatic carbocycles. The normalized spacial score (nSPS) is 10.3. The number of urea groups is 1. The summed E-state index contributed by atoms with van der Waals surface area (Å²) in [5.41, 5.74) is 0.510. The SMILES string of the molecule is COc1cc(NC(=O)NCCNc2cc(-n3ccnc3C)ncn2)cc(OC)c1OC.